The van der Waals surface area contributed by atoms with Crippen molar-refractivity contribution in [1.82, 2.24) is 9.88 Å². The Morgan fingerprint density at radius 3 is 2.61 bits per heavy atom. The lowest BCUT2D eigenvalue weighted by Gasteiger charge is -2.15. The molecule has 2 rings (SSSR count). The van der Waals surface area contributed by atoms with Crippen molar-refractivity contribution >= 4 is 0 Å². The molecule has 0 aliphatic rings. The smallest absolute Gasteiger partial charge is 0.0361 e. The summed E-state index contributed by atoms with van der Waals surface area (Å²) in [5.41, 5.74) is 4.14. The zero-order valence-electron chi connectivity index (χ0n) is 11.5. The molecule has 18 heavy (non-hydrogen) atoms. The Kier molecular flexibility index (Phi) is 4.21. The number of hydrogen-bond acceptors (Lipinski definition) is 1. The number of rotatable bonds is 5. The van der Waals surface area contributed by atoms with Gasteiger partial charge in [-0.1, -0.05) is 24.3 Å². The van der Waals surface area contributed by atoms with E-state index in [-0.39, 0.29) is 0 Å². The van der Waals surface area contributed by atoms with Gasteiger partial charge >= 0.3 is 0 Å². The standard InChI is InChI=1S/C16H22N2/c1-13-7-4-5-8-15(13)11-14(2)17-12-16-9-6-10-18(16)3/h4-10,14,17H,11-12H2,1-3H3. The van der Waals surface area contributed by atoms with Crippen molar-refractivity contribution in [2.75, 3.05) is 0 Å². The molecule has 0 bridgehead atoms. The number of nitrogens with zero attached hydrogens (tertiary/aromatic N) is 1. The molecule has 1 aromatic heterocycles. The summed E-state index contributed by atoms with van der Waals surface area (Å²) in [7, 11) is 2.09. The molecular formula is C16H22N2. The first kappa shape index (κ1) is 12.9. The molecule has 1 heterocycles. The van der Waals surface area contributed by atoms with Crippen LogP contribution in [0.4, 0.5) is 0 Å². The summed E-state index contributed by atoms with van der Waals surface area (Å²) in [5.74, 6) is 0. The third-order valence-corrected chi connectivity index (χ3v) is 3.47. The monoisotopic (exact) mass is 242 g/mol. The average molecular weight is 242 g/mol. The predicted octanol–water partition coefficient (Wildman–Crippen LogP) is 3.05. The van der Waals surface area contributed by atoms with Crippen molar-refractivity contribution in [2.24, 2.45) is 7.05 Å². The van der Waals surface area contributed by atoms with E-state index in [2.05, 4.69) is 73.4 Å². The number of aryl methyl sites for hydroxylation is 2. The quantitative estimate of drug-likeness (QED) is 0.852. The Bertz CT molecular complexity index is 499. The van der Waals surface area contributed by atoms with E-state index in [0.717, 1.165) is 13.0 Å². The van der Waals surface area contributed by atoms with Gasteiger partial charge in [0.15, 0.2) is 0 Å². The minimum atomic E-state index is 0.487. The molecule has 96 valence electrons. The molecule has 0 aliphatic heterocycles. The van der Waals surface area contributed by atoms with Gasteiger partial charge in [0.1, 0.15) is 0 Å². The van der Waals surface area contributed by atoms with Crippen molar-refractivity contribution in [2.45, 2.75) is 32.9 Å². The second kappa shape index (κ2) is 5.87. The Hall–Kier alpha value is -1.54. The van der Waals surface area contributed by atoms with Crippen LogP contribution in [0, 0.1) is 6.92 Å². The van der Waals surface area contributed by atoms with E-state index in [9.17, 15) is 0 Å². The maximum Gasteiger partial charge on any atom is 0.0361 e. The van der Waals surface area contributed by atoms with E-state index in [1.54, 1.807) is 0 Å². The zero-order valence-corrected chi connectivity index (χ0v) is 11.5. The summed E-state index contributed by atoms with van der Waals surface area (Å²) in [6.45, 7) is 5.35. The van der Waals surface area contributed by atoms with Crippen LogP contribution >= 0.6 is 0 Å². The lowest BCUT2D eigenvalue weighted by molar-refractivity contribution is 0.532. The molecule has 0 amide bonds. The van der Waals surface area contributed by atoms with Gasteiger partial charge in [-0.3, -0.25) is 0 Å². The first-order valence-electron chi connectivity index (χ1n) is 6.55. The second-order valence-corrected chi connectivity index (χ2v) is 5.02. The van der Waals surface area contributed by atoms with Gasteiger partial charge in [0.25, 0.3) is 0 Å². The fraction of sp³-hybridized carbons (Fsp3) is 0.375. The second-order valence-electron chi connectivity index (χ2n) is 5.02. The van der Waals surface area contributed by atoms with Crippen LogP contribution in [0.5, 0.6) is 0 Å². The number of benzene rings is 1. The van der Waals surface area contributed by atoms with Crippen molar-refractivity contribution in [3.8, 4) is 0 Å². The highest BCUT2D eigenvalue weighted by molar-refractivity contribution is 5.26. The van der Waals surface area contributed by atoms with Gasteiger partial charge in [-0.15, -0.1) is 0 Å². The molecule has 0 saturated heterocycles. The van der Waals surface area contributed by atoms with E-state index in [4.69, 9.17) is 0 Å². The third-order valence-electron chi connectivity index (χ3n) is 3.47. The molecule has 1 N–H and O–H groups in total. The molecule has 1 unspecified atom stereocenters. The molecule has 2 aromatic rings. The molecule has 0 spiro atoms. The van der Waals surface area contributed by atoms with Gasteiger partial charge in [-0.25, -0.2) is 0 Å². The van der Waals surface area contributed by atoms with Crippen LogP contribution in [-0.4, -0.2) is 10.6 Å². The van der Waals surface area contributed by atoms with Crippen LogP contribution in [-0.2, 0) is 20.0 Å². The lowest BCUT2D eigenvalue weighted by Crippen LogP contribution is -2.28. The van der Waals surface area contributed by atoms with Gasteiger partial charge in [0.2, 0.25) is 0 Å². The van der Waals surface area contributed by atoms with E-state index < -0.39 is 0 Å². The highest BCUT2D eigenvalue weighted by Crippen LogP contribution is 2.10. The molecule has 0 fully saturated rings. The average Bonchev–Trinajstić information content (AvgIpc) is 2.75. The third kappa shape index (κ3) is 3.23. The molecular weight excluding hydrogens is 220 g/mol. The van der Waals surface area contributed by atoms with Gasteiger partial charge in [-0.2, -0.15) is 0 Å². The van der Waals surface area contributed by atoms with E-state index in [0.29, 0.717) is 6.04 Å². The topological polar surface area (TPSA) is 17.0 Å². The fourth-order valence-electron chi connectivity index (χ4n) is 2.20. The normalized spacial score (nSPS) is 12.6. The molecule has 0 radical (unpaired) electrons. The van der Waals surface area contributed by atoms with Crippen LogP contribution in [0.1, 0.15) is 23.7 Å². The van der Waals surface area contributed by atoms with Gasteiger partial charge in [-0.05, 0) is 43.5 Å². The summed E-state index contributed by atoms with van der Waals surface area (Å²) >= 11 is 0. The summed E-state index contributed by atoms with van der Waals surface area (Å²) in [4.78, 5) is 0. The summed E-state index contributed by atoms with van der Waals surface area (Å²) in [6.07, 6.45) is 3.17. The Morgan fingerprint density at radius 2 is 1.94 bits per heavy atom. The largest absolute Gasteiger partial charge is 0.353 e. The van der Waals surface area contributed by atoms with Gasteiger partial charge < -0.3 is 9.88 Å². The SMILES string of the molecule is Cc1ccccc1CC(C)NCc1cccn1C. The van der Waals surface area contributed by atoms with E-state index in [1.165, 1.54) is 16.8 Å². The molecule has 2 nitrogen and oxygen atoms in total. The molecule has 0 saturated carbocycles. The number of aromatic nitrogens is 1. The highest BCUT2D eigenvalue weighted by atomic mass is 15.0. The fourth-order valence-corrected chi connectivity index (χ4v) is 2.20. The maximum absolute atomic E-state index is 3.58. The summed E-state index contributed by atoms with van der Waals surface area (Å²) in [5, 5.41) is 3.58. The predicted molar refractivity (Wildman–Crippen MR) is 76.6 cm³/mol. The molecule has 1 atom stereocenters. The van der Waals surface area contributed by atoms with Crippen molar-refractivity contribution in [1.29, 1.82) is 0 Å². The van der Waals surface area contributed by atoms with Crippen LogP contribution in [0.3, 0.4) is 0 Å². The molecule has 2 heteroatoms. The van der Waals surface area contributed by atoms with Crippen molar-refractivity contribution < 1.29 is 0 Å². The van der Waals surface area contributed by atoms with Crippen LogP contribution in [0.15, 0.2) is 42.6 Å². The van der Waals surface area contributed by atoms with E-state index in [1.807, 2.05) is 0 Å². The maximum atomic E-state index is 3.58. The lowest BCUT2D eigenvalue weighted by atomic mass is 10.0. The van der Waals surface area contributed by atoms with Crippen LogP contribution < -0.4 is 5.32 Å². The molecule has 0 aliphatic carbocycles. The Labute approximate surface area is 110 Å². The number of hydrogen-bond donors (Lipinski definition) is 1. The van der Waals surface area contributed by atoms with Gasteiger partial charge in [0.05, 0.1) is 0 Å². The Morgan fingerprint density at radius 1 is 1.17 bits per heavy atom. The van der Waals surface area contributed by atoms with Gasteiger partial charge in [0, 0.05) is 31.5 Å². The summed E-state index contributed by atoms with van der Waals surface area (Å²) in [6, 6.07) is 13.3. The summed E-state index contributed by atoms with van der Waals surface area (Å²) < 4.78 is 2.16. The highest BCUT2D eigenvalue weighted by Gasteiger charge is 2.06. The molecule has 1 aromatic carbocycles. The Balaban J connectivity index is 1.88. The first-order chi connectivity index (χ1) is 8.66. The minimum Gasteiger partial charge on any atom is -0.353 e. The minimum absolute atomic E-state index is 0.487. The number of nitrogens with one attached hydrogen (secondary N) is 1. The van der Waals surface area contributed by atoms with E-state index >= 15 is 0 Å². The van der Waals surface area contributed by atoms with Crippen LogP contribution in [0.2, 0.25) is 0 Å². The van der Waals surface area contributed by atoms with Crippen LogP contribution in [0.25, 0.3) is 0 Å². The van der Waals surface area contributed by atoms with Crippen molar-refractivity contribution in [3.05, 3.63) is 59.4 Å². The zero-order chi connectivity index (χ0) is 13.0. The first-order valence-corrected chi connectivity index (χ1v) is 6.55. The van der Waals surface area contributed by atoms with Crippen molar-refractivity contribution in [3.63, 3.8) is 0 Å².